The second-order valence-corrected chi connectivity index (χ2v) is 7.87. The van der Waals surface area contributed by atoms with E-state index >= 15 is 0 Å². The van der Waals surface area contributed by atoms with Gasteiger partial charge in [-0.25, -0.2) is 9.18 Å². The molecule has 0 saturated carbocycles. The molecule has 0 spiro atoms. The standard InChI is InChI=1S/C22H24FNO3/c1-5-9-27-21(26)18-13(2)24-16-11-22(3,4)12-17(25)20(16)19(18)14-7-6-8-15(23)10-14/h5-8,10,19,24H,1,9,11-12H2,2-4H3. The molecule has 1 N–H and O–H groups in total. The lowest BCUT2D eigenvalue weighted by atomic mass is 9.68. The minimum Gasteiger partial charge on any atom is -0.458 e. The lowest BCUT2D eigenvalue weighted by molar-refractivity contribution is -0.138. The predicted octanol–water partition coefficient (Wildman–Crippen LogP) is 4.16. The molecule has 0 saturated heterocycles. The molecule has 1 atom stereocenters. The van der Waals surface area contributed by atoms with E-state index in [9.17, 15) is 14.0 Å². The van der Waals surface area contributed by atoms with Gasteiger partial charge in [0.1, 0.15) is 12.4 Å². The molecule has 1 aliphatic heterocycles. The fourth-order valence-corrected chi connectivity index (χ4v) is 3.94. The molecule has 1 heterocycles. The van der Waals surface area contributed by atoms with Crippen LogP contribution in [0.25, 0.3) is 0 Å². The number of dihydropyridines is 1. The number of Topliss-reactive ketones (excluding diaryl/α,β-unsaturated/α-hetero) is 1. The molecule has 142 valence electrons. The van der Waals surface area contributed by atoms with Gasteiger partial charge in [0.25, 0.3) is 0 Å². The fourth-order valence-electron chi connectivity index (χ4n) is 3.94. The van der Waals surface area contributed by atoms with Gasteiger partial charge in [0, 0.05) is 29.3 Å². The van der Waals surface area contributed by atoms with Crippen molar-refractivity contribution in [1.82, 2.24) is 5.32 Å². The summed E-state index contributed by atoms with van der Waals surface area (Å²) in [7, 11) is 0. The van der Waals surface area contributed by atoms with E-state index in [2.05, 4.69) is 11.9 Å². The highest BCUT2D eigenvalue weighted by atomic mass is 19.1. The number of hydrogen-bond donors (Lipinski definition) is 1. The van der Waals surface area contributed by atoms with Crippen LogP contribution in [0, 0.1) is 11.2 Å². The number of ether oxygens (including phenoxy) is 1. The first-order chi connectivity index (χ1) is 12.7. The second-order valence-electron chi connectivity index (χ2n) is 7.87. The number of nitrogens with one attached hydrogen (secondary N) is 1. The van der Waals surface area contributed by atoms with Crippen LogP contribution >= 0.6 is 0 Å². The van der Waals surface area contributed by atoms with Crippen molar-refractivity contribution < 1.29 is 18.7 Å². The number of benzene rings is 1. The number of carbonyl (C=O) groups is 2. The van der Waals surface area contributed by atoms with Gasteiger partial charge >= 0.3 is 5.97 Å². The maximum Gasteiger partial charge on any atom is 0.337 e. The zero-order valence-electron chi connectivity index (χ0n) is 15.9. The monoisotopic (exact) mass is 369 g/mol. The topological polar surface area (TPSA) is 55.4 Å². The molecule has 27 heavy (non-hydrogen) atoms. The number of hydrogen-bond acceptors (Lipinski definition) is 4. The van der Waals surface area contributed by atoms with Gasteiger partial charge in [0.05, 0.1) is 5.57 Å². The Hall–Kier alpha value is -2.69. The Morgan fingerprint density at radius 3 is 2.81 bits per heavy atom. The first-order valence-corrected chi connectivity index (χ1v) is 9.01. The average molecular weight is 369 g/mol. The summed E-state index contributed by atoms with van der Waals surface area (Å²) in [6.07, 6.45) is 2.56. The number of halogens is 1. The molecule has 1 unspecified atom stereocenters. The van der Waals surface area contributed by atoms with Gasteiger partial charge in [-0.05, 0) is 36.5 Å². The van der Waals surface area contributed by atoms with Crippen molar-refractivity contribution in [2.75, 3.05) is 6.61 Å². The zero-order valence-corrected chi connectivity index (χ0v) is 15.9. The van der Waals surface area contributed by atoms with Crippen LogP contribution in [-0.2, 0) is 14.3 Å². The van der Waals surface area contributed by atoms with E-state index in [1.807, 2.05) is 13.8 Å². The first kappa shape index (κ1) is 19.1. The maximum absolute atomic E-state index is 13.9. The molecule has 0 radical (unpaired) electrons. The van der Waals surface area contributed by atoms with Crippen molar-refractivity contribution >= 4 is 11.8 Å². The molecule has 1 aromatic carbocycles. The van der Waals surface area contributed by atoms with Gasteiger partial charge in [0.2, 0.25) is 0 Å². The van der Waals surface area contributed by atoms with Crippen molar-refractivity contribution in [3.05, 3.63) is 70.8 Å². The van der Waals surface area contributed by atoms with E-state index in [-0.39, 0.29) is 17.8 Å². The average Bonchev–Trinajstić information content (AvgIpc) is 2.57. The zero-order chi connectivity index (χ0) is 19.8. The Bertz CT molecular complexity index is 879. The summed E-state index contributed by atoms with van der Waals surface area (Å²) >= 11 is 0. The smallest absolute Gasteiger partial charge is 0.337 e. The van der Waals surface area contributed by atoms with Gasteiger partial charge in [-0.15, -0.1) is 0 Å². The van der Waals surface area contributed by atoms with Crippen LogP contribution in [0.3, 0.4) is 0 Å². The Kier molecular flexibility index (Phi) is 5.05. The third-order valence-electron chi connectivity index (χ3n) is 4.97. The van der Waals surface area contributed by atoms with Gasteiger partial charge in [-0.3, -0.25) is 4.79 Å². The molecule has 3 rings (SSSR count). The predicted molar refractivity (Wildman–Crippen MR) is 101 cm³/mol. The van der Waals surface area contributed by atoms with Crippen molar-refractivity contribution in [3.63, 3.8) is 0 Å². The van der Waals surface area contributed by atoms with E-state index in [4.69, 9.17) is 4.74 Å². The number of rotatable bonds is 4. The van der Waals surface area contributed by atoms with Crippen LogP contribution in [-0.4, -0.2) is 18.4 Å². The summed E-state index contributed by atoms with van der Waals surface area (Å²) in [6.45, 7) is 9.49. The number of allylic oxidation sites excluding steroid dienone is 3. The number of carbonyl (C=O) groups excluding carboxylic acids is 2. The van der Waals surface area contributed by atoms with Crippen molar-refractivity contribution in [1.29, 1.82) is 0 Å². The lowest BCUT2D eigenvalue weighted by Crippen LogP contribution is -2.38. The molecule has 5 heteroatoms. The highest BCUT2D eigenvalue weighted by Gasteiger charge is 2.43. The molecule has 1 aromatic rings. The largest absolute Gasteiger partial charge is 0.458 e. The lowest BCUT2D eigenvalue weighted by Gasteiger charge is -2.39. The summed E-state index contributed by atoms with van der Waals surface area (Å²) < 4.78 is 19.2. The molecule has 0 bridgehead atoms. The Morgan fingerprint density at radius 2 is 2.15 bits per heavy atom. The summed E-state index contributed by atoms with van der Waals surface area (Å²) in [6, 6.07) is 6.05. The molecular weight excluding hydrogens is 345 g/mol. The Labute approximate surface area is 158 Å². The Balaban J connectivity index is 2.15. The van der Waals surface area contributed by atoms with Crippen LogP contribution in [0.2, 0.25) is 0 Å². The quantitative estimate of drug-likeness (QED) is 0.640. The molecule has 0 amide bonds. The summed E-state index contributed by atoms with van der Waals surface area (Å²) in [5, 5.41) is 3.24. The summed E-state index contributed by atoms with van der Waals surface area (Å²) in [5.74, 6) is -1.60. The van der Waals surface area contributed by atoms with E-state index in [1.165, 1.54) is 18.2 Å². The van der Waals surface area contributed by atoms with Crippen molar-refractivity contribution in [2.24, 2.45) is 5.41 Å². The summed E-state index contributed by atoms with van der Waals surface area (Å²) in [5.41, 5.74) is 2.72. The second kappa shape index (κ2) is 7.14. The van der Waals surface area contributed by atoms with E-state index < -0.39 is 17.7 Å². The van der Waals surface area contributed by atoms with Gasteiger partial charge in [0.15, 0.2) is 5.78 Å². The minimum atomic E-state index is -0.641. The van der Waals surface area contributed by atoms with Gasteiger partial charge < -0.3 is 10.1 Å². The van der Waals surface area contributed by atoms with E-state index in [1.54, 1.807) is 19.1 Å². The maximum atomic E-state index is 13.9. The molecule has 1 aliphatic carbocycles. The SMILES string of the molecule is C=CCOC(=O)C1=C(C)NC2=C(C(=O)CC(C)(C)C2)C1c1cccc(F)c1. The van der Waals surface area contributed by atoms with Crippen LogP contribution in [0.15, 0.2) is 59.5 Å². The normalized spacial score (nSPS) is 21.5. The summed E-state index contributed by atoms with van der Waals surface area (Å²) in [4.78, 5) is 25.8. The number of ketones is 1. The molecular formula is C22H24FNO3. The Morgan fingerprint density at radius 1 is 1.41 bits per heavy atom. The van der Waals surface area contributed by atoms with Gasteiger partial charge in [-0.2, -0.15) is 0 Å². The van der Waals surface area contributed by atoms with Crippen LogP contribution in [0.4, 0.5) is 4.39 Å². The van der Waals surface area contributed by atoms with E-state index in [0.717, 1.165) is 5.70 Å². The minimum absolute atomic E-state index is 0.0236. The van der Waals surface area contributed by atoms with Crippen LogP contribution in [0.1, 0.15) is 45.1 Å². The third-order valence-corrected chi connectivity index (χ3v) is 4.97. The van der Waals surface area contributed by atoms with Gasteiger partial charge in [-0.1, -0.05) is 38.6 Å². The highest BCUT2D eigenvalue weighted by molar-refractivity contribution is 6.04. The van der Waals surface area contributed by atoms with Crippen molar-refractivity contribution in [2.45, 2.75) is 39.5 Å². The first-order valence-electron chi connectivity index (χ1n) is 9.01. The molecule has 0 fully saturated rings. The molecule has 4 nitrogen and oxygen atoms in total. The van der Waals surface area contributed by atoms with Crippen molar-refractivity contribution in [3.8, 4) is 0 Å². The number of esters is 1. The fraction of sp³-hybridized carbons (Fsp3) is 0.364. The van der Waals surface area contributed by atoms with Crippen LogP contribution < -0.4 is 5.32 Å². The third kappa shape index (κ3) is 3.72. The molecule has 0 aromatic heterocycles. The van der Waals surface area contributed by atoms with E-state index in [0.29, 0.717) is 35.2 Å². The highest BCUT2D eigenvalue weighted by Crippen LogP contribution is 2.46. The molecule has 2 aliphatic rings. The van der Waals surface area contributed by atoms with Crippen LogP contribution in [0.5, 0.6) is 0 Å².